The average Bonchev–Trinajstić information content (AvgIpc) is 3.11. The van der Waals surface area contributed by atoms with Crippen LogP contribution in [0.1, 0.15) is 25.5 Å². The van der Waals surface area contributed by atoms with Gasteiger partial charge in [-0.1, -0.05) is 30.3 Å². The summed E-state index contributed by atoms with van der Waals surface area (Å²) in [5.74, 6) is -0.0236. The Kier molecular flexibility index (Phi) is 6.22. The summed E-state index contributed by atoms with van der Waals surface area (Å²) in [5.41, 5.74) is 1.85. The quantitative estimate of drug-likeness (QED) is 0.874. The standard InChI is InChI=1S/C19H23N3O3S/c1-2-25-19(24)22-10-8-15(9-11-22)20-17(23)12-16-13-26-18(21-16)14-6-4-3-5-7-14/h3-7,13,15H,2,8-12H2,1H3,(H,20,23). The third kappa shape index (κ3) is 4.82. The highest BCUT2D eigenvalue weighted by atomic mass is 32.1. The van der Waals surface area contributed by atoms with Gasteiger partial charge in [0.15, 0.2) is 0 Å². The molecule has 1 aromatic carbocycles. The fraction of sp³-hybridized carbons (Fsp3) is 0.421. The molecule has 0 unspecified atom stereocenters. The van der Waals surface area contributed by atoms with E-state index in [9.17, 15) is 9.59 Å². The zero-order chi connectivity index (χ0) is 18.4. The summed E-state index contributed by atoms with van der Waals surface area (Å²) in [4.78, 5) is 30.2. The van der Waals surface area contributed by atoms with Crippen molar-refractivity contribution in [2.75, 3.05) is 19.7 Å². The van der Waals surface area contributed by atoms with Crippen LogP contribution in [0.5, 0.6) is 0 Å². The predicted molar refractivity (Wildman–Crippen MR) is 101 cm³/mol. The van der Waals surface area contributed by atoms with Crippen molar-refractivity contribution < 1.29 is 14.3 Å². The minimum Gasteiger partial charge on any atom is -0.450 e. The van der Waals surface area contributed by atoms with E-state index in [0.717, 1.165) is 29.1 Å². The number of rotatable bonds is 5. The monoisotopic (exact) mass is 373 g/mol. The summed E-state index contributed by atoms with van der Waals surface area (Å²) in [5, 5.41) is 5.92. The third-order valence-electron chi connectivity index (χ3n) is 4.30. The molecule has 26 heavy (non-hydrogen) atoms. The first-order chi connectivity index (χ1) is 12.7. The zero-order valence-corrected chi connectivity index (χ0v) is 15.6. The van der Waals surface area contributed by atoms with Crippen LogP contribution in [-0.2, 0) is 16.0 Å². The number of amides is 2. The summed E-state index contributed by atoms with van der Waals surface area (Å²) in [6, 6.07) is 10.1. The van der Waals surface area contributed by atoms with E-state index in [-0.39, 0.29) is 24.5 Å². The van der Waals surface area contributed by atoms with Crippen molar-refractivity contribution in [3.63, 3.8) is 0 Å². The van der Waals surface area contributed by atoms with Crippen LogP contribution in [0.2, 0.25) is 0 Å². The van der Waals surface area contributed by atoms with E-state index in [1.54, 1.807) is 23.2 Å². The first-order valence-corrected chi connectivity index (χ1v) is 9.74. The second kappa shape index (κ2) is 8.80. The van der Waals surface area contributed by atoms with Crippen LogP contribution in [-0.4, -0.2) is 47.6 Å². The number of carbonyl (C=O) groups excluding carboxylic acids is 2. The molecule has 0 bridgehead atoms. The van der Waals surface area contributed by atoms with Crippen LogP contribution < -0.4 is 5.32 Å². The molecule has 0 radical (unpaired) electrons. The van der Waals surface area contributed by atoms with Crippen molar-refractivity contribution in [2.24, 2.45) is 0 Å². The Bertz CT molecular complexity index is 739. The second-order valence-corrected chi connectivity index (χ2v) is 7.07. The molecule has 2 amide bonds. The molecule has 0 spiro atoms. The summed E-state index contributed by atoms with van der Waals surface area (Å²) < 4.78 is 5.01. The lowest BCUT2D eigenvalue weighted by Crippen LogP contribution is -2.47. The maximum atomic E-state index is 12.3. The Morgan fingerprint density at radius 3 is 2.69 bits per heavy atom. The summed E-state index contributed by atoms with van der Waals surface area (Å²) >= 11 is 1.55. The first kappa shape index (κ1) is 18.4. The van der Waals surface area contributed by atoms with Gasteiger partial charge in [0.2, 0.25) is 5.91 Å². The van der Waals surface area contributed by atoms with E-state index in [2.05, 4.69) is 10.3 Å². The molecule has 0 atom stereocenters. The van der Waals surface area contributed by atoms with Gasteiger partial charge in [-0.25, -0.2) is 9.78 Å². The molecule has 2 aromatic rings. The molecule has 1 fully saturated rings. The lowest BCUT2D eigenvalue weighted by Gasteiger charge is -2.31. The number of nitrogens with zero attached hydrogens (tertiary/aromatic N) is 2. The average molecular weight is 373 g/mol. The molecule has 0 saturated carbocycles. The maximum Gasteiger partial charge on any atom is 0.409 e. The predicted octanol–water partition coefficient (Wildman–Crippen LogP) is 3.09. The van der Waals surface area contributed by atoms with Crippen LogP contribution in [0, 0.1) is 0 Å². The van der Waals surface area contributed by atoms with Crippen LogP contribution in [0.25, 0.3) is 10.6 Å². The minimum atomic E-state index is -0.270. The molecule has 1 saturated heterocycles. The highest BCUT2D eigenvalue weighted by Crippen LogP contribution is 2.23. The van der Waals surface area contributed by atoms with E-state index < -0.39 is 0 Å². The van der Waals surface area contributed by atoms with Gasteiger partial charge < -0.3 is 15.0 Å². The van der Waals surface area contributed by atoms with E-state index in [1.807, 2.05) is 35.7 Å². The van der Waals surface area contributed by atoms with Gasteiger partial charge in [-0.2, -0.15) is 0 Å². The van der Waals surface area contributed by atoms with Gasteiger partial charge in [-0.05, 0) is 19.8 Å². The number of ether oxygens (including phenoxy) is 1. The normalized spacial score (nSPS) is 14.9. The fourth-order valence-electron chi connectivity index (χ4n) is 2.97. The fourth-order valence-corrected chi connectivity index (χ4v) is 3.79. The largest absolute Gasteiger partial charge is 0.450 e. The van der Waals surface area contributed by atoms with E-state index in [1.165, 1.54) is 0 Å². The molecule has 0 aliphatic carbocycles. The van der Waals surface area contributed by atoms with Crippen LogP contribution in [0.3, 0.4) is 0 Å². The highest BCUT2D eigenvalue weighted by Gasteiger charge is 2.24. The number of piperidine rings is 1. The van der Waals surface area contributed by atoms with Gasteiger partial charge in [0.1, 0.15) is 5.01 Å². The molecule has 1 aliphatic heterocycles. The van der Waals surface area contributed by atoms with Crippen LogP contribution in [0.15, 0.2) is 35.7 Å². The second-order valence-electron chi connectivity index (χ2n) is 6.21. The summed E-state index contributed by atoms with van der Waals surface area (Å²) in [6.07, 6.45) is 1.50. The summed E-state index contributed by atoms with van der Waals surface area (Å²) in [7, 11) is 0. The molecule has 7 heteroatoms. The lowest BCUT2D eigenvalue weighted by molar-refractivity contribution is -0.121. The maximum absolute atomic E-state index is 12.3. The van der Waals surface area contributed by atoms with E-state index in [0.29, 0.717) is 19.7 Å². The Balaban J connectivity index is 1.47. The lowest BCUT2D eigenvalue weighted by atomic mass is 10.1. The Hall–Kier alpha value is -2.41. The Morgan fingerprint density at radius 2 is 2.00 bits per heavy atom. The van der Waals surface area contributed by atoms with Gasteiger partial charge in [-0.3, -0.25) is 4.79 Å². The molecule has 6 nitrogen and oxygen atoms in total. The van der Waals surface area contributed by atoms with Gasteiger partial charge in [0.05, 0.1) is 18.7 Å². The smallest absolute Gasteiger partial charge is 0.409 e. The van der Waals surface area contributed by atoms with E-state index >= 15 is 0 Å². The molecule has 2 heterocycles. The van der Waals surface area contributed by atoms with Crippen molar-refractivity contribution >= 4 is 23.3 Å². The van der Waals surface area contributed by atoms with Crippen molar-refractivity contribution in [2.45, 2.75) is 32.2 Å². The minimum absolute atomic E-state index is 0.0236. The first-order valence-electron chi connectivity index (χ1n) is 8.86. The molecule has 138 valence electrons. The van der Waals surface area contributed by atoms with E-state index in [4.69, 9.17) is 4.74 Å². The number of likely N-dealkylation sites (tertiary alicyclic amines) is 1. The number of benzene rings is 1. The Labute approximate surface area is 157 Å². The topological polar surface area (TPSA) is 71.5 Å². The number of nitrogens with one attached hydrogen (secondary N) is 1. The Morgan fingerprint density at radius 1 is 1.27 bits per heavy atom. The van der Waals surface area contributed by atoms with Crippen molar-refractivity contribution in [3.05, 3.63) is 41.4 Å². The molecular weight excluding hydrogens is 350 g/mol. The molecule has 1 N–H and O–H groups in total. The SMILES string of the molecule is CCOC(=O)N1CCC(NC(=O)Cc2csc(-c3ccccc3)n2)CC1. The van der Waals surface area contributed by atoms with Gasteiger partial charge in [0.25, 0.3) is 0 Å². The number of thiazole rings is 1. The number of hydrogen-bond acceptors (Lipinski definition) is 5. The molecule has 3 rings (SSSR count). The van der Waals surface area contributed by atoms with Crippen molar-refractivity contribution in [1.29, 1.82) is 0 Å². The molecule has 1 aromatic heterocycles. The number of hydrogen-bond donors (Lipinski definition) is 1. The zero-order valence-electron chi connectivity index (χ0n) is 14.8. The van der Waals surface area contributed by atoms with Crippen LogP contribution in [0.4, 0.5) is 4.79 Å². The van der Waals surface area contributed by atoms with Gasteiger partial charge in [-0.15, -0.1) is 11.3 Å². The van der Waals surface area contributed by atoms with Crippen molar-refractivity contribution in [3.8, 4) is 10.6 Å². The summed E-state index contributed by atoms with van der Waals surface area (Å²) in [6.45, 7) is 3.40. The number of carbonyl (C=O) groups is 2. The van der Waals surface area contributed by atoms with Crippen molar-refractivity contribution in [1.82, 2.24) is 15.2 Å². The van der Waals surface area contributed by atoms with Gasteiger partial charge >= 0.3 is 6.09 Å². The van der Waals surface area contributed by atoms with Gasteiger partial charge in [0, 0.05) is 30.1 Å². The highest BCUT2D eigenvalue weighted by molar-refractivity contribution is 7.13. The number of aromatic nitrogens is 1. The van der Waals surface area contributed by atoms with Crippen LogP contribution >= 0.6 is 11.3 Å². The third-order valence-corrected chi connectivity index (χ3v) is 5.24. The molecular formula is C19H23N3O3S. The molecule has 1 aliphatic rings.